The van der Waals surface area contributed by atoms with Gasteiger partial charge in [-0.25, -0.2) is 22.5 Å². The average Bonchev–Trinajstić information content (AvgIpc) is 2.70. The first-order valence-electron chi connectivity index (χ1n) is 8.33. The topological polar surface area (TPSA) is 124 Å². The third-order valence-corrected chi connectivity index (χ3v) is 5.50. The van der Waals surface area contributed by atoms with Gasteiger partial charge in [0.15, 0.2) is 0 Å². The summed E-state index contributed by atoms with van der Waals surface area (Å²) < 4.78 is 41.0. The Bertz CT molecular complexity index is 1190. The summed E-state index contributed by atoms with van der Waals surface area (Å²) in [5.74, 6) is -0.401. The Morgan fingerprint density at radius 1 is 1.10 bits per heavy atom. The van der Waals surface area contributed by atoms with E-state index in [1.807, 2.05) is 0 Å². The highest BCUT2D eigenvalue weighted by atomic mass is 32.2. The largest absolute Gasteiger partial charge is 0.298 e. The number of sulfonamides is 1. The van der Waals surface area contributed by atoms with E-state index in [4.69, 9.17) is 0 Å². The molecule has 1 heterocycles. The lowest BCUT2D eigenvalue weighted by Crippen LogP contribution is -2.30. The molecule has 0 saturated carbocycles. The summed E-state index contributed by atoms with van der Waals surface area (Å²) in [4.78, 5) is 26.2. The lowest BCUT2D eigenvalue weighted by Gasteiger charge is -2.09. The molecule has 0 unspecified atom stereocenters. The van der Waals surface area contributed by atoms with E-state index in [1.165, 1.54) is 41.2 Å². The van der Waals surface area contributed by atoms with Gasteiger partial charge in [-0.05, 0) is 36.4 Å². The fourth-order valence-corrected chi connectivity index (χ4v) is 3.52. The van der Waals surface area contributed by atoms with Gasteiger partial charge in [0.25, 0.3) is 11.2 Å². The first-order chi connectivity index (χ1) is 13.8. The van der Waals surface area contributed by atoms with Crippen molar-refractivity contribution < 1.29 is 17.7 Å². The highest BCUT2D eigenvalue weighted by Gasteiger charge is 2.15. The average molecular weight is 418 g/mol. The third kappa shape index (κ3) is 4.89. The van der Waals surface area contributed by atoms with Crippen LogP contribution in [0.3, 0.4) is 0 Å². The van der Waals surface area contributed by atoms with Crippen LogP contribution in [0.2, 0.25) is 0 Å². The number of nitrogens with one attached hydrogen (secondary N) is 1. The summed E-state index contributed by atoms with van der Waals surface area (Å²) in [5.41, 5.74) is 0.337. The van der Waals surface area contributed by atoms with E-state index in [0.29, 0.717) is 11.3 Å². The van der Waals surface area contributed by atoms with Crippen molar-refractivity contribution in [3.8, 4) is 11.3 Å². The van der Waals surface area contributed by atoms with E-state index in [0.717, 1.165) is 24.3 Å². The molecule has 0 atom stereocenters. The van der Waals surface area contributed by atoms with Crippen molar-refractivity contribution in [1.82, 2.24) is 14.3 Å². The molecule has 0 saturated heterocycles. The molecule has 0 aliphatic carbocycles. The second-order valence-corrected chi connectivity index (χ2v) is 7.73. The molecule has 9 nitrogen and oxygen atoms in total. The standard InChI is InChI=1S/C18H15FN4O5S/c19-14-3-1-13(2-4-14)17-11-18(24)22(12-20-17)10-9-21-29(27,28)16-7-5-15(6-8-16)23(25)26/h1-8,11-12,21H,9-10H2. The van der Waals surface area contributed by atoms with Crippen molar-refractivity contribution in [3.63, 3.8) is 0 Å². The van der Waals surface area contributed by atoms with Crippen LogP contribution < -0.4 is 10.3 Å². The minimum absolute atomic E-state index is 0.0295. The summed E-state index contributed by atoms with van der Waals surface area (Å²) in [7, 11) is -3.88. The Hall–Kier alpha value is -3.44. The molecule has 3 rings (SSSR count). The fraction of sp³-hybridized carbons (Fsp3) is 0.111. The quantitative estimate of drug-likeness (QED) is 0.462. The molecule has 0 aliphatic heterocycles. The number of rotatable bonds is 7. The maximum atomic E-state index is 13.0. The summed E-state index contributed by atoms with van der Waals surface area (Å²) >= 11 is 0. The predicted octanol–water partition coefficient (Wildman–Crippen LogP) is 1.94. The Morgan fingerprint density at radius 2 is 1.76 bits per heavy atom. The third-order valence-electron chi connectivity index (χ3n) is 4.02. The molecule has 0 aliphatic rings. The van der Waals surface area contributed by atoms with Crippen molar-refractivity contribution in [1.29, 1.82) is 0 Å². The van der Waals surface area contributed by atoms with Crippen LogP contribution >= 0.6 is 0 Å². The van der Waals surface area contributed by atoms with Crippen LogP contribution in [0, 0.1) is 15.9 Å². The van der Waals surface area contributed by atoms with Gasteiger partial charge in [-0.3, -0.25) is 19.5 Å². The summed E-state index contributed by atoms with van der Waals surface area (Å²) in [6.07, 6.45) is 1.28. The maximum Gasteiger partial charge on any atom is 0.269 e. The molecule has 3 aromatic rings. The monoisotopic (exact) mass is 418 g/mol. The van der Waals surface area contributed by atoms with Crippen molar-refractivity contribution >= 4 is 15.7 Å². The van der Waals surface area contributed by atoms with Gasteiger partial charge in [0.1, 0.15) is 5.82 Å². The van der Waals surface area contributed by atoms with Crippen LogP contribution in [0.1, 0.15) is 0 Å². The first-order valence-corrected chi connectivity index (χ1v) is 9.81. The van der Waals surface area contributed by atoms with E-state index in [1.54, 1.807) is 0 Å². The van der Waals surface area contributed by atoms with Crippen LogP contribution in [0.25, 0.3) is 11.3 Å². The normalized spacial score (nSPS) is 11.3. The van der Waals surface area contributed by atoms with E-state index in [9.17, 15) is 27.7 Å². The van der Waals surface area contributed by atoms with Gasteiger partial charge in [-0.15, -0.1) is 0 Å². The number of nitro groups is 1. The minimum atomic E-state index is -3.88. The molecule has 11 heteroatoms. The molecule has 1 N–H and O–H groups in total. The van der Waals surface area contributed by atoms with E-state index in [-0.39, 0.29) is 23.7 Å². The van der Waals surface area contributed by atoms with Gasteiger partial charge in [0.05, 0.1) is 21.8 Å². The highest BCUT2D eigenvalue weighted by Crippen LogP contribution is 2.16. The predicted molar refractivity (Wildman–Crippen MR) is 102 cm³/mol. The first kappa shape index (κ1) is 20.3. The maximum absolute atomic E-state index is 13.0. The van der Waals surface area contributed by atoms with Gasteiger partial charge < -0.3 is 0 Å². The number of aromatic nitrogens is 2. The Balaban J connectivity index is 1.66. The SMILES string of the molecule is O=c1cc(-c2ccc(F)cc2)ncn1CCNS(=O)(=O)c1ccc([N+](=O)[O-])cc1. The number of halogens is 1. The van der Waals surface area contributed by atoms with E-state index < -0.39 is 26.3 Å². The van der Waals surface area contributed by atoms with Gasteiger partial charge >= 0.3 is 0 Å². The molecule has 0 bridgehead atoms. The van der Waals surface area contributed by atoms with E-state index in [2.05, 4.69) is 9.71 Å². The van der Waals surface area contributed by atoms with Crippen molar-refractivity contribution in [2.45, 2.75) is 11.4 Å². The van der Waals surface area contributed by atoms with Crippen molar-refractivity contribution in [2.24, 2.45) is 0 Å². The summed E-state index contributed by atoms with van der Waals surface area (Å²) in [5, 5.41) is 10.6. The lowest BCUT2D eigenvalue weighted by molar-refractivity contribution is -0.384. The number of non-ortho nitro benzene ring substituents is 1. The van der Waals surface area contributed by atoms with Gasteiger partial charge in [-0.1, -0.05) is 0 Å². The molecule has 29 heavy (non-hydrogen) atoms. The molecule has 0 fully saturated rings. The number of hydrogen-bond acceptors (Lipinski definition) is 6. The van der Waals surface area contributed by atoms with Crippen molar-refractivity contribution in [2.75, 3.05) is 6.54 Å². The van der Waals surface area contributed by atoms with Gasteiger partial charge in [0, 0.05) is 36.9 Å². The smallest absolute Gasteiger partial charge is 0.269 e. The zero-order valence-electron chi connectivity index (χ0n) is 14.9. The van der Waals surface area contributed by atoms with Crippen LogP contribution in [0.4, 0.5) is 10.1 Å². The number of nitrogens with zero attached hydrogens (tertiary/aromatic N) is 3. The second-order valence-electron chi connectivity index (χ2n) is 5.96. The number of nitro benzene ring substituents is 1. The second kappa shape index (κ2) is 8.29. The molecule has 0 radical (unpaired) electrons. The molecule has 1 aromatic heterocycles. The highest BCUT2D eigenvalue weighted by molar-refractivity contribution is 7.89. The summed E-state index contributed by atoms with van der Waals surface area (Å²) in [6.45, 7) is -0.0570. The molecular formula is C18H15FN4O5S. The van der Waals surface area contributed by atoms with Crippen molar-refractivity contribution in [3.05, 3.63) is 87.2 Å². The van der Waals surface area contributed by atoms with Crippen LogP contribution in [-0.4, -0.2) is 29.4 Å². The van der Waals surface area contributed by atoms with Gasteiger partial charge in [-0.2, -0.15) is 0 Å². The van der Waals surface area contributed by atoms with Crippen LogP contribution in [0.15, 0.2) is 70.6 Å². The minimum Gasteiger partial charge on any atom is -0.298 e. The molecule has 150 valence electrons. The lowest BCUT2D eigenvalue weighted by atomic mass is 10.1. The number of benzene rings is 2. The fourth-order valence-electron chi connectivity index (χ4n) is 2.50. The zero-order valence-corrected chi connectivity index (χ0v) is 15.7. The molecule has 0 amide bonds. The van der Waals surface area contributed by atoms with E-state index >= 15 is 0 Å². The molecule has 2 aromatic carbocycles. The Morgan fingerprint density at radius 3 is 2.34 bits per heavy atom. The van der Waals surface area contributed by atoms with Crippen LogP contribution in [0.5, 0.6) is 0 Å². The van der Waals surface area contributed by atoms with Gasteiger partial charge in [0.2, 0.25) is 10.0 Å². The zero-order chi connectivity index (χ0) is 21.0. The van der Waals surface area contributed by atoms with Crippen LogP contribution in [-0.2, 0) is 16.6 Å². The summed E-state index contributed by atoms with van der Waals surface area (Å²) in [6, 6.07) is 11.2. The Labute approximate surface area is 164 Å². The number of hydrogen-bond donors (Lipinski definition) is 1. The Kier molecular flexibility index (Phi) is 5.80. The molecule has 0 spiro atoms. The molecular weight excluding hydrogens is 403 g/mol.